The Bertz CT molecular complexity index is 2020. The van der Waals surface area contributed by atoms with Gasteiger partial charge in [0.15, 0.2) is 24.6 Å². The number of rotatable bonds is 46. The van der Waals surface area contributed by atoms with Gasteiger partial charge >= 0.3 is 23.9 Å². The van der Waals surface area contributed by atoms with Gasteiger partial charge in [-0.25, -0.2) is 4.79 Å². The van der Waals surface area contributed by atoms with Crippen LogP contribution in [0.3, 0.4) is 0 Å². The van der Waals surface area contributed by atoms with Gasteiger partial charge in [0.05, 0.1) is 13.0 Å². The molecule has 1 aliphatic rings. The third kappa shape index (κ3) is 42.7. The summed E-state index contributed by atoms with van der Waals surface area (Å²) >= 11 is 0. The fourth-order valence-electron chi connectivity index (χ4n) is 7.46. The Morgan fingerprint density at radius 2 is 0.797 bits per heavy atom. The summed E-state index contributed by atoms with van der Waals surface area (Å²) < 4.78 is 28.2. The van der Waals surface area contributed by atoms with Crippen LogP contribution in [0, 0.1) is 0 Å². The highest BCUT2D eigenvalue weighted by atomic mass is 16.7. The van der Waals surface area contributed by atoms with Crippen molar-refractivity contribution in [1.82, 2.24) is 0 Å². The number of aliphatic carboxylic acids is 1. The molecule has 12 nitrogen and oxygen atoms in total. The number of hydrogen-bond donors (Lipinski definition) is 3. The van der Waals surface area contributed by atoms with Crippen LogP contribution < -0.4 is 0 Å². The number of aliphatic hydroxyl groups is 2. The van der Waals surface area contributed by atoms with E-state index in [1.165, 1.54) is 0 Å². The van der Waals surface area contributed by atoms with Gasteiger partial charge in [-0.2, -0.15) is 0 Å². The zero-order valence-corrected chi connectivity index (χ0v) is 48.0. The molecule has 6 atom stereocenters. The molecule has 1 heterocycles. The second-order valence-electron chi connectivity index (χ2n) is 18.8. The smallest absolute Gasteiger partial charge is 0.335 e. The number of carbonyl (C=O) groups excluding carboxylic acids is 3. The van der Waals surface area contributed by atoms with Crippen molar-refractivity contribution < 1.29 is 58.2 Å². The normalized spacial score (nSPS) is 19.1. The molecule has 3 N–H and O–H groups in total. The van der Waals surface area contributed by atoms with Gasteiger partial charge in [-0.05, 0) is 128 Å². The third-order valence-electron chi connectivity index (χ3n) is 11.8. The number of aliphatic hydroxyl groups excluding tert-OH is 2. The van der Waals surface area contributed by atoms with Crippen LogP contribution in [0.5, 0.6) is 0 Å². The number of carbonyl (C=O) groups is 4. The maximum absolute atomic E-state index is 13.1. The minimum Gasteiger partial charge on any atom is -0.479 e. The standard InChI is InChI=1S/C67H98O12/c1-4-7-10-13-16-19-22-25-28-29-30-31-34-35-38-41-44-47-50-53-59(68)75-56-58(77-60(69)54-51-48-45-42-39-36-32-26-23-20-17-14-11-8-5-2)57-76-67-65(63(72)62(71)64(79-67)66(73)74)78-61(70)55-52-49-46-43-40-37-33-27-24-21-18-15-12-9-6-3/h7-12,16-21,25-28,30-33,35,38-40,42-43,48,51,58,62-65,67,71-72H,4-6,13-15,22-24,29,34,36-37,41,44-47,49-50,52-57H2,1-3H3,(H,73,74)/b10-7-,11-8-,12-9-,19-16-,20-17-,21-18-,28-25-,31-30-,32-26-,33-27-,38-35-,42-39-,43-40-,51-48-. The number of allylic oxidation sites excluding steroid dienone is 27. The fraction of sp³-hybridized carbons (Fsp3) is 0.522. The number of esters is 3. The van der Waals surface area contributed by atoms with E-state index < -0.39 is 67.3 Å². The number of unbranched alkanes of at least 4 members (excludes halogenated alkanes) is 5. The number of carboxylic acids is 1. The lowest BCUT2D eigenvalue weighted by Gasteiger charge is -2.40. The zero-order chi connectivity index (χ0) is 57.5. The van der Waals surface area contributed by atoms with Crippen LogP contribution in [0.4, 0.5) is 0 Å². The van der Waals surface area contributed by atoms with Gasteiger partial charge in [-0.1, -0.05) is 197 Å². The third-order valence-corrected chi connectivity index (χ3v) is 11.8. The van der Waals surface area contributed by atoms with Gasteiger partial charge in [0.1, 0.15) is 18.8 Å². The molecule has 79 heavy (non-hydrogen) atoms. The SMILES string of the molecule is CC/C=C\C/C=C\C/C=C\C/C=C\C/C=C\CCCCCC(=O)OCC(COC1OC(C(=O)O)C(O)C(O)C1OC(=O)CCCC/C=C\C/C=C\C/C=C\C/C=C\CC)OC(=O)C/C=C\C/C=C\C/C=C\C/C=C\C/C=C\CC. The minimum absolute atomic E-state index is 0.0166. The van der Waals surface area contributed by atoms with Crippen LogP contribution in [0.1, 0.15) is 175 Å². The van der Waals surface area contributed by atoms with E-state index in [-0.39, 0.29) is 25.9 Å². The molecule has 0 amide bonds. The van der Waals surface area contributed by atoms with Gasteiger partial charge in [0.2, 0.25) is 0 Å². The van der Waals surface area contributed by atoms with E-state index in [0.29, 0.717) is 25.7 Å². The molecule has 0 radical (unpaired) electrons. The largest absolute Gasteiger partial charge is 0.479 e. The Morgan fingerprint density at radius 3 is 1.22 bits per heavy atom. The topological polar surface area (TPSA) is 175 Å². The predicted molar refractivity (Wildman–Crippen MR) is 321 cm³/mol. The van der Waals surface area contributed by atoms with Crippen LogP contribution in [-0.4, -0.2) is 89.2 Å². The Labute approximate surface area is 475 Å². The van der Waals surface area contributed by atoms with E-state index in [1.54, 1.807) is 6.08 Å². The molecule has 438 valence electrons. The van der Waals surface area contributed by atoms with Crippen molar-refractivity contribution in [3.63, 3.8) is 0 Å². The molecule has 0 aromatic heterocycles. The van der Waals surface area contributed by atoms with Gasteiger partial charge in [-0.15, -0.1) is 0 Å². The number of ether oxygens (including phenoxy) is 5. The molecule has 0 bridgehead atoms. The van der Waals surface area contributed by atoms with Gasteiger partial charge in [0.25, 0.3) is 0 Å². The highest BCUT2D eigenvalue weighted by molar-refractivity contribution is 5.74. The van der Waals surface area contributed by atoms with Crippen LogP contribution in [0.2, 0.25) is 0 Å². The van der Waals surface area contributed by atoms with Gasteiger partial charge in [-0.3, -0.25) is 14.4 Å². The van der Waals surface area contributed by atoms with Crippen molar-refractivity contribution in [2.24, 2.45) is 0 Å². The van der Waals surface area contributed by atoms with E-state index in [1.807, 2.05) is 24.3 Å². The second-order valence-corrected chi connectivity index (χ2v) is 18.8. The fourth-order valence-corrected chi connectivity index (χ4v) is 7.46. The molecule has 1 aliphatic heterocycles. The molecule has 6 unspecified atom stereocenters. The molecule has 0 aromatic carbocycles. The lowest BCUT2D eigenvalue weighted by atomic mass is 9.98. The zero-order valence-electron chi connectivity index (χ0n) is 48.0. The maximum Gasteiger partial charge on any atom is 0.335 e. The molecule has 12 heteroatoms. The Balaban J connectivity index is 2.81. The van der Waals surface area contributed by atoms with Crippen LogP contribution in [0.15, 0.2) is 170 Å². The average molecular weight is 1100 g/mol. The van der Waals surface area contributed by atoms with E-state index in [4.69, 9.17) is 23.7 Å². The molecule has 1 rings (SSSR count). The lowest BCUT2D eigenvalue weighted by molar-refractivity contribution is -0.301. The summed E-state index contributed by atoms with van der Waals surface area (Å²) in [5.41, 5.74) is 0. The quantitative estimate of drug-likeness (QED) is 0.0228. The maximum atomic E-state index is 13.1. The molecular weight excluding hydrogens is 997 g/mol. The first-order chi connectivity index (χ1) is 38.6. The van der Waals surface area contributed by atoms with Crippen molar-refractivity contribution in [1.29, 1.82) is 0 Å². The van der Waals surface area contributed by atoms with Gasteiger partial charge < -0.3 is 39.0 Å². The van der Waals surface area contributed by atoms with Crippen LogP contribution >= 0.6 is 0 Å². The molecular formula is C67H98O12. The van der Waals surface area contributed by atoms with Crippen LogP contribution in [0.25, 0.3) is 0 Å². The summed E-state index contributed by atoms with van der Waals surface area (Å²) in [6.45, 7) is 5.49. The first kappa shape index (κ1) is 71.1. The van der Waals surface area contributed by atoms with E-state index >= 15 is 0 Å². The minimum atomic E-state index is -1.95. The number of hydrogen-bond acceptors (Lipinski definition) is 11. The number of carboxylic acid groups (broad SMARTS) is 1. The monoisotopic (exact) mass is 1090 g/mol. The molecule has 1 fully saturated rings. The summed E-state index contributed by atoms with van der Waals surface area (Å²) in [5.74, 6) is -3.43. The average Bonchev–Trinajstić information content (AvgIpc) is 3.46. The van der Waals surface area contributed by atoms with E-state index in [2.05, 4.69) is 161 Å². The first-order valence-corrected chi connectivity index (χ1v) is 29.1. The second kappa shape index (κ2) is 52.8. The van der Waals surface area contributed by atoms with Crippen molar-refractivity contribution in [3.05, 3.63) is 170 Å². The first-order valence-electron chi connectivity index (χ1n) is 29.1. The summed E-state index contributed by atoms with van der Waals surface area (Å²) in [6.07, 6.45) is 66.4. The van der Waals surface area contributed by atoms with E-state index in [9.17, 15) is 34.5 Å². The van der Waals surface area contributed by atoms with Crippen molar-refractivity contribution >= 4 is 23.9 Å². The highest BCUT2D eigenvalue weighted by Gasteiger charge is 2.50. The van der Waals surface area contributed by atoms with Gasteiger partial charge in [0, 0.05) is 12.8 Å². The van der Waals surface area contributed by atoms with Crippen molar-refractivity contribution in [2.75, 3.05) is 13.2 Å². The molecule has 0 aromatic rings. The summed E-state index contributed by atoms with van der Waals surface area (Å²) in [7, 11) is 0. The molecule has 0 spiro atoms. The Morgan fingerprint density at radius 1 is 0.430 bits per heavy atom. The lowest BCUT2D eigenvalue weighted by Crippen LogP contribution is -2.61. The summed E-state index contributed by atoms with van der Waals surface area (Å²) in [6, 6.07) is 0. The molecule has 0 aliphatic carbocycles. The molecule has 1 saturated heterocycles. The Kier molecular flexibility index (Phi) is 47.5. The Hall–Kier alpha value is -5.92. The molecule has 0 saturated carbocycles. The van der Waals surface area contributed by atoms with Crippen LogP contribution in [-0.2, 0) is 42.9 Å². The van der Waals surface area contributed by atoms with E-state index in [0.717, 1.165) is 109 Å². The summed E-state index contributed by atoms with van der Waals surface area (Å²) in [4.78, 5) is 51.1. The van der Waals surface area contributed by atoms with Crippen molar-refractivity contribution in [3.8, 4) is 0 Å². The highest BCUT2D eigenvalue weighted by Crippen LogP contribution is 2.26. The predicted octanol–water partition coefficient (Wildman–Crippen LogP) is 15.1. The summed E-state index contributed by atoms with van der Waals surface area (Å²) in [5, 5.41) is 31.5. The van der Waals surface area contributed by atoms with Crippen molar-refractivity contribution in [2.45, 2.75) is 212 Å².